The molecule has 2 aromatic rings. The fourth-order valence-electron chi connectivity index (χ4n) is 5.11. The molecule has 1 unspecified atom stereocenters. The number of methoxy groups -OCH3 is 1. The summed E-state index contributed by atoms with van der Waals surface area (Å²) >= 11 is 0. The molecule has 5 nitrogen and oxygen atoms in total. The van der Waals surface area contributed by atoms with Gasteiger partial charge in [-0.25, -0.2) is 4.39 Å². The van der Waals surface area contributed by atoms with Crippen LogP contribution in [0.25, 0.3) is 0 Å². The minimum atomic E-state index is -0.789. The number of benzene rings is 2. The number of para-hydroxylation sites is 1. The monoisotopic (exact) mass is 410 g/mol. The van der Waals surface area contributed by atoms with Crippen LogP contribution in [-0.2, 0) is 9.53 Å². The Hall–Kier alpha value is -2.73. The number of anilines is 1. The summed E-state index contributed by atoms with van der Waals surface area (Å²) in [4.78, 5) is 28.7. The number of fused-ring (bicyclic) bond motifs is 1. The van der Waals surface area contributed by atoms with E-state index in [0.717, 1.165) is 24.8 Å². The maximum Gasteiger partial charge on any atom is 0.259 e. The third-order valence-corrected chi connectivity index (χ3v) is 6.37. The molecule has 1 fully saturated rings. The molecular weight excluding hydrogens is 383 g/mol. The molecule has 0 bridgehead atoms. The van der Waals surface area contributed by atoms with Gasteiger partial charge in [0.25, 0.3) is 5.91 Å². The van der Waals surface area contributed by atoms with Gasteiger partial charge in [0.15, 0.2) is 0 Å². The van der Waals surface area contributed by atoms with Gasteiger partial charge in [0, 0.05) is 19.2 Å². The summed E-state index contributed by atoms with van der Waals surface area (Å²) < 4.78 is 20.0. The van der Waals surface area contributed by atoms with Gasteiger partial charge in [-0.2, -0.15) is 0 Å². The van der Waals surface area contributed by atoms with Crippen molar-refractivity contribution in [1.82, 2.24) is 5.32 Å². The van der Waals surface area contributed by atoms with E-state index in [1.165, 1.54) is 6.07 Å². The van der Waals surface area contributed by atoms with Crippen molar-refractivity contribution in [2.45, 2.75) is 43.6 Å². The average Bonchev–Trinajstić information content (AvgIpc) is 2.76. The fraction of sp³-hybridized carbons (Fsp3) is 0.417. The maximum absolute atomic E-state index is 14.9. The van der Waals surface area contributed by atoms with E-state index in [0.29, 0.717) is 31.6 Å². The number of hydrogen-bond acceptors (Lipinski definition) is 3. The molecule has 1 atom stereocenters. The third-order valence-electron chi connectivity index (χ3n) is 6.37. The van der Waals surface area contributed by atoms with Crippen LogP contribution in [0, 0.1) is 5.82 Å². The zero-order valence-corrected chi connectivity index (χ0v) is 17.2. The van der Waals surface area contributed by atoms with Crippen molar-refractivity contribution in [1.29, 1.82) is 0 Å². The predicted molar refractivity (Wildman–Crippen MR) is 113 cm³/mol. The first-order chi connectivity index (χ1) is 14.6. The quantitative estimate of drug-likeness (QED) is 0.757. The Labute approximate surface area is 176 Å². The molecule has 1 spiro atoms. The minimum absolute atomic E-state index is 0.143. The maximum atomic E-state index is 14.9. The first-order valence-corrected chi connectivity index (χ1v) is 10.5. The standard InChI is InChI=1S/C24H27FN2O3/c1-30-16-15-26-22(28)21-17-9-3-4-10-18(17)23(29)27(20-12-6-5-11-19(20)25)24(21)13-7-2-8-14-24/h3-6,9-12,21H,2,7-8,13-16H2,1H3,(H,26,28). The molecule has 6 heteroatoms. The van der Waals surface area contributed by atoms with Crippen molar-refractivity contribution in [2.24, 2.45) is 0 Å². The van der Waals surface area contributed by atoms with E-state index in [1.807, 2.05) is 12.1 Å². The summed E-state index contributed by atoms with van der Waals surface area (Å²) in [5.74, 6) is -1.40. The average molecular weight is 410 g/mol. The van der Waals surface area contributed by atoms with Gasteiger partial charge in [-0.1, -0.05) is 49.6 Å². The molecule has 30 heavy (non-hydrogen) atoms. The zero-order chi connectivity index (χ0) is 21.1. The van der Waals surface area contributed by atoms with E-state index >= 15 is 0 Å². The molecule has 1 aliphatic heterocycles. The molecule has 1 heterocycles. The van der Waals surface area contributed by atoms with Crippen LogP contribution in [0.4, 0.5) is 10.1 Å². The van der Waals surface area contributed by atoms with Crippen LogP contribution in [0.3, 0.4) is 0 Å². The van der Waals surface area contributed by atoms with Crippen molar-refractivity contribution >= 4 is 17.5 Å². The van der Waals surface area contributed by atoms with E-state index in [9.17, 15) is 14.0 Å². The highest BCUT2D eigenvalue weighted by atomic mass is 19.1. The van der Waals surface area contributed by atoms with Crippen molar-refractivity contribution in [2.75, 3.05) is 25.2 Å². The molecule has 1 aliphatic carbocycles. The number of carbonyl (C=O) groups excluding carboxylic acids is 2. The van der Waals surface area contributed by atoms with Crippen molar-refractivity contribution in [3.05, 3.63) is 65.5 Å². The van der Waals surface area contributed by atoms with E-state index < -0.39 is 17.3 Å². The largest absolute Gasteiger partial charge is 0.383 e. The fourth-order valence-corrected chi connectivity index (χ4v) is 5.11. The van der Waals surface area contributed by atoms with Crippen molar-refractivity contribution in [3.8, 4) is 0 Å². The summed E-state index contributed by atoms with van der Waals surface area (Å²) in [5.41, 5.74) is 0.646. The molecule has 0 aromatic heterocycles. The number of hydrogen-bond donors (Lipinski definition) is 1. The van der Waals surface area contributed by atoms with Crippen LogP contribution < -0.4 is 10.2 Å². The lowest BCUT2D eigenvalue weighted by Crippen LogP contribution is -2.63. The number of halogens is 1. The minimum Gasteiger partial charge on any atom is -0.383 e. The first-order valence-electron chi connectivity index (χ1n) is 10.5. The Kier molecular flexibility index (Phi) is 5.86. The molecule has 2 amide bonds. The number of carbonyl (C=O) groups is 2. The summed E-state index contributed by atoms with van der Waals surface area (Å²) in [7, 11) is 1.59. The van der Waals surface area contributed by atoms with Gasteiger partial charge >= 0.3 is 0 Å². The van der Waals surface area contributed by atoms with Gasteiger partial charge in [-0.3, -0.25) is 14.5 Å². The number of nitrogens with one attached hydrogen (secondary N) is 1. The van der Waals surface area contributed by atoms with Gasteiger partial charge in [0.1, 0.15) is 5.82 Å². The second kappa shape index (κ2) is 8.56. The van der Waals surface area contributed by atoms with E-state index in [-0.39, 0.29) is 17.5 Å². The van der Waals surface area contributed by atoms with E-state index in [1.54, 1.807) is 42.3 Å². The van der Waals surface area contributed by atoms with Crippen molar-refractivity contribution < 1.29 is 18.7 Å². The van der Waals surface area contributed by atoms with Gasteiger partial charge in [-0.05, 0) is 36.6 Å². The lowest BCUT2D eigenvalue weighted by molar-refractivity contribution is -0.124. The molecule has 1 saturated carbocycles. The molecule has 158 valence electrons. The van der Waals surface area contributed by atoms with Gasteiger partial charge in [0.2, 0.25) is 5.91 Å². The molecule has 1 N–H and O–H groups in total. The second-order valence-electron chi connectivity index (χ2n) is 8.06. The molecule has 0 saturated heterocycles. The lowest BCUT2D eigenvalue weighted by Gasteiger charge is -2.53. The van der Waals surface area contributed by atoms with Gasteiger partial charge in [-0.15, -0.1) is 0 Å². The predicted octanol–water partition coefficient (Wildman–Crippen LogP) is 4.04. The first kappa shape index (κ1) is 20.5. The summed E-state index contributed by atoms with van der Waals surface area (Å²) in [6, 6.07) is 13.6. The Bertz CT molecular complexity index is 940. The molecular formula is C24H27FN2O3. The Balaban J connectivity index is 1.89. The zero-order valence-electron chi connectivity index (χ0n) is 17.2. The molecule has 0 radical (unpaired) electrons. The van der Waals surface area contributed by atoms with Crippen LogP contribution >= 0.6 is 0 Å². The normalized spacial score (nSPS) is 20.1. The molecule has 2 aromatic carbocycles. The van der Waals surface area contributed by atoms with E-state index in [2.05, 4.69) is 5.32 Å². The summed E-state index contributed by atoms with van der Waals surface area (Å²) in [5, 5.41) is 2.97. The topological polar surface area (TPSA) is 58.6 Å². The number of ether oxygens (including phenoxy) is 1. The highest BCUT2D eigenvalue weighted by Crippen LogP contribution is 2.51. The van der Waals surface area contributed by atoms with Crippen molar-refractivity contribution in [3.63, 3.8) is 0 Å². The smallest absolute Gasteiger partial charge is 0.259 e. The number of nitrogens with zero attached hydrogens (tertiary/aromatic N) is 1. The van der Waals surface area contributed by atoms with Crippen LogP contribution in [-0.4, -0.2) is 37.6 Å². The molecule has 2 aliphatic rings. The highest BCUT2D eigenvalue weighted by molar-refractivity contribution is 6.12. The molecule has 4 rings (SSSR count). The SMILES string of the molecule is COCCNC(=O)C1c2ccccc2C(=O)N(c2ccccc2F)C12CCCCC2. The van der Waals surface area contributed by atoms with Crippen LogP contribution in [0.2, 0.25) is 0 Å². The summed E-state index contributed by atoms with van der Waals surface area (Å²) in [6.45, 7) is 0.792. The van der Waals surface area contributed by atoms with Crippen LogP contribution in [0.5, 0.6) is 0 Å². The Morgan fingerprint density at radius 2 is 1.83 bits per heavy atom. The number of amides is 2. The Morgan fingerprint density at radius 3 is 2.57 bits per heavy atom. The van der Waals surface area contributed by atoms with Gasteiger partial charge in [0.05, 0.1) is 23.8 Å². The summed E-state index contributed by atoms with van der Waals surface area (Å²) in [6.07, 6.45) is 4.14. The number of rotatable bonds is 5. The highest BCUT2D eigenvalue weighted by Gasteiger charge is 2.55. The third kappa shape index (κ3) is 3.39. The van der Waals surface area contributed by atoms with E-state index in [4.69, 9.17) is 4.74 Å². The van der Waals surface area contributed by atoms with Gasteiger partial charge < -0.3 is 10.1 Å². The van der Waals surface area contributed by atoms with Crippen LogP contribution in [0.1, 0.15) is 53.9 Å². The Morgan fingerprint density at radius 1 is 1.13 bits per heavy atom. The lowest BCUT2D eigenvalue weighted by atomic mass is 9.65. The second-order valence-corrected chi connectivity index (χ2v) is 8.06. The van der Waals surface area contributed by atoms with Crippen LogP contribution in [0.15, 0.2) is 48.5 Å².